The summed E-state index contributed by atoms with van der Waals surface area (Å²) in [6.45, 7) is 1.75. The molecule has 0 spiro atoms. The van der Waals surface area contributed by atoms with Gasteiger partial charge >= 0.3 is 0 Å². The molecular formula is C18H27NO2. The van der Waals surface area contributed by atoms with Crippen molar-refractivity contribution in [3.05, 3.63) is 29.8 Å². The van der Waals surface area contributed by atoms with Crippen LogP contribution in [-0.2, 0) is 4.74 Å². The van der Waals surface area contributed by atoms with Crippen molar-refractivity contribution in [2.75, 3.05) is 20.3 Å². The third-order valence-electron chi connectivity index (χ3n) is 4.72. The van der Waals surface area contributed by atoms with Gasteiger partial charge in [0.25, 0.3) is 0 Å². The van der Waals surface area contributed by atoms with Crippen molar-refractivity contribution in [3.8, 4) is 5.75 Å². The van der Waals surface area contributed by atoms with Crippen LogP contribution in [0.3, 0.4) is 0 Å². The van der Waals surface area contributed by atoms with Gasteiger partial charge < -0.3 is 14.8 Å². The molecule has 1 unspecified atom stereocenters. The first kappa shape index (κ1) is 14.9. The van der Waals surface area contributed by atoms with Crippen LogP contribution in [0.1, 0.15) is 50.2 Å². The molecule has 3 nitrogen and oxygen atoms in total. The maximum absolute atomic E-state index is 6.21. The van der Waals surface area contributed by atoms with E-state index in [1.54, 1.807) is 7.11 Å². The van der Waals surface area contributed by atoms with Crippen molar-refractivity contribution in [2.24, 2.45) is 5.92 Å². The monoisotopic (exact) mass is 289 g/mol. The van der Waals surface area contributed by atoms with Gasteiger partial charge in [0.2, 0.25) is 0 Å². The lowest BCUT2D eigenvalue weighted by Crippen LogP contribution is -2.26. The lowest BCUT2D eigenvalue weighted by molar-refractivity contribution is 0.0356. The second-order valence-electron chi connectivity index (χ2n) is 6.37. The van der Waals surface area contributed by atoms with Gasteiger partial charge in [-0.1, -0.05) is 37.5 Å². The number of methoxy groups -OCH3 is 1. The first-order chi connectivity index (χ1) is 10.4. The van der Waals surface area contributed by atoms with Crippen molar-refractivity contribution < 1.29 is 9.47 Å². The Morgan fingerprint density at radius 2 is 2.00 bits per heavy atom. The number of ether oxygens (including phenoxy) is 2. The molecule has 21 heavy (non-hydrogen) atoms. The molecule has 2 saturated carbocycles. The Labute approximate surface area is 128 Å². The summed E-state index contributed by atoms with van der Waals surface area (Å²) in [6, 6.07) is 8.94. The molecule has 0 radical (unpaired) electrons. The van der Waals surface area contributed by atoms with Crippen LogP contribution in [0.15, 0.2) is 24.3 Å². The Morgan fingerprint density at radius 3 is 2.67 bits per heavy atom. The van der Waals surface area contributed by atoms with Gasteiger partial charge in [-0.3, -0.25) is 0 Å². The molecule has 3 rings (SSSR count). The zero-order valence-corrected chi connectivity index (χ0v) is 13.0. The van der Waals surface area contributed by atoms with E-state index < -0.39 is 0 Å². The molecule has 0 aromatic heterocycles. The van der Waals surface area contributed by atoms with E-state index in [1.807, 2.05) is 12.1 Å². The molecule has 3 heteroatoms. The fourth-order valence-electron chi connectivity index (χ4n) is 2.91. The van der Waals surface area contributed by atoms with Crippen molar-refractivity contribution >= 4 is 0 Å². The summed E-state index contributed by atoms with van der Waals surface area (Å²) in [5.74, 6) is 1.84. The van der Waals surface area contributed by atoms with E-state index >= 15 is 0 Å². The van der Waals surface area contributed by atoms with Gasteiger partial charge in [0.05, 0.1) is 13.2 Å². The molecule has 1 aromatic carbocycles. The highest BCUT2D eigenvalue weighted by Gasteiger charge is 2.24. The van der Waals surface area contributed by atoms with E-state index in [0.29, 0.717) is 6.04 Å². The molecule has 0 amide bonds. The summed E-state index contributed by atoms with van der Waals surface area (Å²) in [5, 5.41) is 3.59. The number of benzene rings is 1. The Morgan fingerprint density at radius 1 is 1.19 bits per heavy atom. The Kier molecular flexibility index (Phi) is 5.15. The largest absolute Gasteiger partial charge is 0.496 e. The summed E-state index contributed by atoms with van der Waals surface area (Å²) >= 11 is 0. The SMILES string of the molecule is COc1ccccc1C(CNC1CC1)OCCC1CCC1. The highest BCUT2D eigenvalue weighted by Crippen LogP contribution is 2.32. The first-order valence-corrected chi connectivity index (χ1v) is 8.34. The van der Waals surface area contributed by atoms with Gasteiger partial charge in [-0.2, -0.15) is 0 Å². The Hall–Kier alpha value is -1.06. The fraction of sp³-hybridized carbons (Fsp3) is 0.667. The summed E-state index contributed by atoms with van der Waals surface area (Å²) < 4.78 is 11.7. The summed E-state index contributed by atoms with van der Waals surface area (Å²) in [5.41, 5.74) is 1.17. The number of para-hydroxylation sites is 1. The second-order valence-corrected chi connectivity index (χ2v) is 6.37. The molecule has 2 aliphatic rings. The molecule has 0 bridgehead atoms. The van der Waals surface area contributed by atoms with Crippen molar-refractivity contribution in [1.82, 2.24) is 5.32 Å². The first-order valence-electron chi connectivity index (χ1n) is 8.34. The van der Waals surface area contributed by atoms with E-state index in [2.05, 4.69) is 17.4 Å². The standard InChI is InChI=1S/C18H27NO2/c1-20-17-8-3-2-7-16(17)18(13-19-15-9-10-15)21-12-11-14-5-4-6-14/h2-3,7-8,14-15,18-19H,4-6,9-13H2,1H3. The van der Waals surface area contributed by atoms with Crippen LogP contribution in [0.2, 0.25) is 0 Å². The third kappa shape index (κ3) is 4.21. The van der Waals surface area contributed by atoms with E-state index in [0.717, 1.165) is 24.8 Å². The lowest BCUT2D eigenvalue weighted by Gasteiger charge is -2.27. The van der Waals surface area contributed by atoms with Gasteiger partial charge in [0.1, 0.15) is 5.75 Å². The van der Waals surface area contributed by atoms with Crippen LogP contribution in [0.25, 0.3) is 0 Å². The Bertz CT molecular complexity index is 441. The van der Waals surface area contributed by atoms with E-state index in [9.17, 15) is 0 Å². The molecule has 0 saturated heterocycles. The smallest absolute Gasteiger partial charge is 0.124 e. The molecule has 1 aromatic rings. The van der Waals surface area contributed by atoms with Crippen LogP contribution in [0.4, 0.5) is 0 Å². The number of hydrogen-bond donors (Lipinski definition) is 1. The van der Waals surface area contributed by atoms with Gasteiger partial charge in [-0.25, -0.2) is 0 Å². The number of rotatable bonds is 9. The zero-order valence-electron chi connectivity index (χ0n) is 13.0. The molecule has 116 valence electrons. The fourth-order valence-corrected chi connectivity index (χ4v) is 2.91. The van der Waals surface area contributed by atoms with Crippen LogP contribution in [0, 0.1) is 5.92 Å². The molecule has 0 aliphatic heterocycles. The molecule has 2 aliphatic carbocycles. The van der Waals surface area contributed by atoms with Crippen molar-refractivity contribution in [3.63, 3.8) is 0 Å². The highest BCUT2D eigenvalue weighted by molar-refractivity contribution is 5.35. The minimum Gasteiger partial charge on any atom is -0.496 e. The Balaban J connectivity index is 1.58. The zero-order chi connectivity index (χ0) is 14.5. The van der Waals surface area contributed by atoms with Crippen LogP contribution < -0.4 is 10.1 Å². The molecule has 1 N–H and O–H groups in total. The normalized spacial score (nSPS) is 20.0. The highest BCUT2D eigenvalue weighted by atomic mass is 16.5. The summed E-state index contributed by atoms with van der Waals surface area (Å²) in [7, 11) is 1.73. The predicted molar refractivity (Wildman–Crippen MR) is 84.7 cm³/mol. The molecule has 0 heterocycles. The molecule has 2 fully saturated rings. The van der Waals surface area contributed by atoms with E-state index in [4.69, 9.17) is 9.47 Å². The maximum Gasteiger partial charge on any atom is 0.124 e. The lowest BCUT2D eigenvalue weighted by atomic mass is 9.83. The van der Waals surface area contributed by atoms with Gasteiger partial charge in [-0.05, 0) is 31.2 Å². The molecule has 1 atom stereocenters. The van der Waals surface area contributed by atoms with Gasteiger partial charge in [0.15, 0.2) is 0 Å². The van der Waals surface area contributed by atoms with Crippen molar-refractivity contribution in [2.45, 2.75) is 50.7 Å². The quantitative estimate of drug-likeness (QED) is 0.752. The average Bonchev–Trinajstić information content (AvgIpc) is 3.29. The van der Waals surface area contributed by atoms with E-state index in [1.165, 1.54) is 44.1 Å². The maximum atomic E-state index is 6.21. The number of nitrogens with one attached hydrogen (secondary N) is 1. The summed E-state index contributed by atoms with van der Waals surface area (Å²) in [4.78, 5) is 0. The van der Waals surface area contributed by atoms with Crippen molar-refractivity contribution in [1.29, 1.82) is 0 Å². The third-order valence-corrected chi connectivity index (χ3v) is 4.72. The topological polar surface area (TPSA) is 30.5 Å². The van der Waals surface area contributed by atoms with Crippen LogP contribution in [0.5, 0.6) is 5.75 Å². The van der Waals surface area contributed by atoms with E-state index in [-0.39, 0.29) is 6.10 Å². The average molecular weight is 289 g/mol. The van der Waals surface area contributed by atoms with Gasteiger partial charge in [0, 0.05) is 24.8 Å². The summed E-state index contributed by atoms with van der Waals surface area (Å²) in [6.07, 6.45) is 8.11. The predicted octanol–water partition coefficient (Wildman–Crippen LogP) is 3.70. The minimum absolute atomic E-state index is 0.0989. The second kappa shape index (κ2) is 7.28. The number of hydrogen-bond acceptors (Lipinski definition) is 3. The molecular weight excluding hydrogens is 262 g/mol. The minimum atomic E-state index is 0.0989. The van der Waals surface area contributed by atoms with Gasteiger partial charge in [-0.15, -0.1) is 0 Å². The van der Waals surface area contributed by atoms with Crippen LogP contribution in [-0.4, -0.2) is 26.3 Å². The van der Waals surface area contributed by atoms with Crippen LogP contribution >= 0.6 is 0 Å².